The lowest BCUT2D eigenvalue weighted by Gasteiger charge is -2.27. The highest BCUT2D eigenvalue weighted by atomic mass is 79.9. The molecule has 0 N–H and O–H groups in total. The average molecular weight is 2120 g/mol. The maximum absolute atomic E-state index is 11.8. The summed E-state index contributed by atoms with van der Waals surface area (Å²) in [4.78, 5) is 86.6. The van der Waals surface area contributed by atoms with Crippen molar-refractivity contribution < 1.29 is 14.3 Å². The number of carbonyl (C=O) groups excluding carboxylic acids is 1. The third-order valence-electron chi connectivity index (χ3n) is 25.9. The first-order valence-electron chi connectivity index (χ1n) is 47.2. The lowest BCUT2D eigenvalue weighted by Crippen LogP contribution is -2.27. The van der Waals surface area contributed by atoms with Gasteiger partial charge in [0.1, 0.15) is 53.3 Å². The summed E-state index contributed by atoms with van der Waals surface area (Å²) in [7, 11) is 5.53. The van der Waals surface area contributed by atoms with Crippen LogP contribution in [0.1, 0.15) is 262 Å². The molecule has 16 heterocycles. The van der Waals surface area contributed by atoms with Gasteiger partial charge in [-0.2, -0.15) is 0 Å². The summed E-state index contributed by atoms with van der Waals surface area (Å²) in [6.07, 6.45) is 29.3. The van der Waals surface area contributed by atoms with E-state index in [9.17, 15) is 4.79 Å². The predicted molar refractivity (Wildman–Crippen MR) is 559 cm³/mol. The smallest absolute Gasteiger partial charge is 0.305 e. The molecule has 7 aliphatic rings. The second kappa shape index (κ2) is 42.7. The zero-order valence-corrected chi connectivity index (χ0v) is 86.1. The number of fused-ring (bicyclic) bond motifs is 15. The fourth-order valence-electron chi connectivity index (χ4n) is 18.6. The summed E-state index contributed by atoms with van der Waals surface area (Å²) in [5, 5.41) is 0.689. The van der Waals surface area contributed by atoms with E-state index in [2.05, 4.69) is 263 Å². The second-order valence-electron chi connectivity index (χ2n) is 36.0. The number of halogens is 5. The summed E-state index contributed by atoms with van der Waals surface area (Å²) in [5.74, 6) is 5.42. The van der Waals surface area contributed by atoms with Crippen molar-refractivity contribution in [3.8, 4) is 28.4 Å². The maximum atomic E-state index is 11.8. The fourth-order valence-corrected chi connectivity index (χ4v) is 20.2. The van der Waals surface area contributed by atoms with Crippen LogP contribution in [0.15, 0.2) is 287 Å². The summed E-state index contributed by atoms with van der Waals surface area (Å²) in [6.45, 7) is 19.7. The standard InChI is InChI=1S/C23H23BrN4.C22H24BrN5.C22H21BrN4O.C21H19BrN4O2.C21H21ClN4/c1-3-6-18-22-26-14-20(23(2)10-11-23)28(22)19-9-8-15(24)13-16(19)21(27-18)17-7-4-5-12-25-17;1-4-7-19-22-25-16(13-27(2)3)14-28(22)20-10-9-15(23)12-17(20)21(26-19)18-8-5-6-11-24-18;1-2-5-18-22-25-11-20(14-12-28-13-14)27(22)19-8-7-15(23)10-16(19)21(26-18)17-6-3-4-9-24-17;1-13-24-12-19-16(7-9-20(27)28-2)25-21(17-5-3-4-10-23-17)15-11-14(22)6-8-18(15)26(13)19;1-4-13(2)19-21-24-12-14(3)26(21)18-9-8-15(22)11-16(18)20(25-19)17-7-5-6-10-23-17/h4-5,7-9,12-14,18H,3,6,10-11H2,1-2H3;5-6,8-12,14,19H,4,7,13H2,1-3H3;3-4,6-11,14,18H,2,5,12-13H2,1H3;3-6,8,10-12,16H,7,9H2,1-2H3;5-13,19H,4H2,1-3H3/t18-;19-;18-;16-;13?,19-/m00000/s1. The van der Waals surface area contributed by atoms with Crippen LogP contribution in [-0.4, -0.2) is 147 Å². The summed E-state index contributed by atoms with van der Waals surface area (Å²) in [6, 6.07) is 60.7. The van der Waals surface area contributed by atoms with Gasteiger partial charge >= 0.3 is 5.97 Å². The number of benzene rings is 5. The van der Waals surface area contributed by atoms with Crippen molar-refractivity contribution >= 4 is 110 Å². The van der Waals surface area contributed by atoms with E-state index in [1.54, 1.807) is 12.4 Å². The molecule has 0 spiro atoms. The van der Waals surface area contributed by atoms with E-state index in [-0.39, 0.29) is 48.0 Å². The Labute approximate surface area is 843 Å². The molecule has 2 fully saturated rings. The monoisotopic (exact) mass is 2110 g/mol. The molecule has 138 heavy (non-hydrogen) atoms. The van der Waals surface area contributed by atoms with Crippen LogP contribution in [0, 0.1) is 19.8 Å². The molecule has 6 atom stereocenters. The predicted octanol–water partition coefficient (Wildman–Crippen LogP) is 24.7. The van der Waals surface area contributed by atoms with Gasteiger partial charge in [0.25, 0.3) is 0 Å². The lowest BCUT2D eigenvalue weighted by molar-refractivity contribution is -0.140. The molecule has 1 unspecified atom stereocenters. The van der Waals surface area contributed by atoms with Gasteiger partial charge < -0.3 is 18.9 Å². The SMILES string of the molecule is CCC(C)[C@@H]1N=C(c2ccccn2)c2cc(Cl)ccc2-n2c(C)cnc21.CCC[C@@H]1N=C(c2ccccn2)c2cc(Br)ccc2-n2c(C3(C)CC3)cnc21.CCC[C@@H]1N=C(c2ccccn2)c2cc(Br)ccc2-n2c(C3COC3)cnc21.CCC[C@@H]1N=C(c2ccccn2)c2cc(Br)ccc2-n2cc(CN(C)C)nc21.COC(=O)CC[C@@H]1N=C(c2ccccn2)c2cc(Br)ccc2-n2c1cnc2C. The van der Waals surface area contributed by atoms with Crippen LogP contribution in [0.4, 0.5) is 0 Å². The van der Waals surface area contributed by atoms with Crippen molar-refractivity contribution in [2.75, 3.05) is 34.4 Å². The zero-order valence-electron chi connectivity index (χ0n) is 79.0. The lowest BCUT2D eigenvalue weighted by atomic mass is 9.98. The van der Waals surface area contributed by atoms with Crippen molar-refractivity contribution in [3.63, 3.8) is 0 Å². The van der Waals surface area contributed by atoms with E-state index < -0.39 is 0 Å². The molecule has 15 aromatic rings. The highest BCUT2D eigenvalue weighted by Gasteiger charge is 2.45. The number of hydrogen-bond donors (Lipinski definition) is 0. The van der Waals surface area contributed by atoms with Crippen molar-refractivity contribution in [1.29, 1.82) is 0 Å². The van der Waals surface area contributed by atoms with E-state index in [1.165, 1.54) is 31.3 Å². The van der Waals surface area contributed by atoms with E-state index in [1.807, 2.05) is 159 Å². The molecule has 0 radical (unpaired) electrons. The Morgan fingerprint density at radius 2 is 0.891 bits per heavy atom. The summed E-state index contributed by atoms with van der Waals surface area (Å²) < 4.78 is 25.6. The zero-order chi connectivity index (χ0) is 96.0. The van der Waals surface area contributed by atoms with Crippen LogP contribution < -0.4 is 0 Å². The number of imidazole rings is 5. The van der Waals surface area contributed by atoms with E-state index in [0.29, 0.717) is 23.3 Å². The Hall–Kier alpha value is -12.2. The molecule has 702 valence electrons. The Morgan fingerprint density at radius 1 is 0.471 bits per heavy atom. The number of rotatable bonds is 20. The van der Waals surface area contributed by atoms with Crippen molar-refractivity contribution in [2.45, 2.75) is 174 Å². The number of ether oxygens (including phenoxy) is 2. The molecule has 24 nitrogen and oxygen atoms in total. The largest absolute Gasteiger partial charge is 0.469 e. The van der Waals surface area contributed by atoms with Gasteiger partial charge in [-0.1, -0.05) is 173 Å². The normalized spacial score (nSPS) is 17.2. The molecule has 10 aromatic heterocycles. The molecule has 29 heteroatoms. The Kier molecular flexibility index (Phi) is 29.7. The molecule has 5 aromatic carbocycles. The van der Waals surface area contributed by atoms with Gasteiger partial charge in [-0.05, 0) is 224 Å². The van der Waals surface area contributed by atoms with Gasteiger partial charge in [0, 0.05) is 142 Å². The van der Waals surface area contributed by atoms with Crippen LogP contribution in [0.2, 0.25) is 5.02 Å². The maximum Gasteiger partial charge on any atom is 0.305 e. The number of hydrogen-bond acceptors (Lipinski definition) is 19. The van der Waals surface area contributed by atoms with Crippen molar-refractivity contribution in [3.05, 3.63) is 381 Å². The molecule has 1 saturated carbocycles. The second-order valence-corrected chi connectivity index (χ2v) is 40.1. The van der Waals surface area contributed by atoms with Crippen LogP contribution in [0.25, 0.3) is 28.4 Å². The van der Waals surface area contributed by atoms with Gasteiger partial charge in [0.2, 0.25) is 0 Å². The third-order valence-corrected chi connectivity index (χ3v) is 28.1. The van der Waals surface area contributed by atoms with Crippen LogP contribution in [-0.2, 0) is 26.2 Å². The number of pyridine rings is 5. The molecule has 1 aliphatic carbocycles. The summed E-state index contributed by atoms with van der Waals surface area (Å²) in [5.41, 5.74) is 25.3. The van der Waals surface area contributed by atoms with Crippen LogP contribution in [0.5, 0.6) is 0 Å². The number of aryl methyl sites for hydroxylation is 2. The minimum atomic E-state index is -0.248. The quantitative estimate of drug-likeness (QED) is 0.0643. The minimum Gasteiger partial charge on any atom is -0.469 e. The molecule has 22 rings (SSSR count). The average Bonchev–Trinajstić information content (AvgIpc) is 1.56. The van der Waals surface area contributed by atoms with Gasteiger partial charge in [0.15, 0.2) is 0 Å². The third kappa shape index (κ3) is 20.2. The fraction of sp³-hybridized carbons (Fsp3) is 0.303. The van der Waals surface area contributed by atoms with E-state index >= 15 is 0 Å². The molecule has 1 saturated heterocycles. The van der Waals surface area contributed by atoms with Gasteiger partial charge in [-0.25, -0.2) is 24.9 Å². The molecular weight excluding hydrogens is 2010 g/mol. The number of aromatic nitrogens is 15. The van der Waals surface area contributed by atoms with Crippen molar-refractivity contribution in [2.24, 2.45) is 30.9 Å². The Morgan fingerprint density at radius 3 is 1.35 bits per heavy atom. The molecule has 6 aliphatic heterocycles. The van der Waals surface area contributed by atoms with Gasteiger partial charge in [0.05, 0.1) is 135 Å². The van der Waals surface area contributed by atoms with E-state index in [0.717, 1.165) is 242 Å². The minimum absolute atomic E-state index is 0.00271. The van der Waals surface area contributed by atoms with E-state index in [4.69, 9.17) is 66.0 Å². The number of methoxy groups -OCH3 is 1. The molecule has 0 bridgehead atoms. The van der Waals surface area contributed by atoms with Gasteiger partial charge in [-0.15, -0.1) is 0 Å². The Balaban J connectivity index is 0.000000115. The topological polar surface area (TPSA) is 254 Å². The van der Waals surface area contributed by atoms with Crippen LogP contribution in [0.3, 0.4) is 0 Å². The highest BCUT2D eigenvalue weighted by molar-refractivity contribution is 9.11. The number of aliphatic imine (C=N–C) groups is 5. The number of nitrogens with zero attached hydrogens (tertiary/aromatic N) is 21. The number of carbonyl (C=O) groups is 1. The number of esters is 1. The van der Waals surface area contributed by atoms with Gasteiger partial charge in [-0.3, -0.25) is 72.9 Å². The molecule has 0 amide bonds. The first-order valence-corrected chi connectivity index (χ1v) is 50.8. The van der Waals surface area contributed by atoms with Crippen molar-refractivity contribution in [1.82, 2.24) is 77.6 Å². The summed E-state index contributed by atoms with van der Waals surface area (Å²) >= 11 is 20.9. The molecular formula is C109H108Br4ClN21O3. The Bertz CT molecular complexity index is 7100. The first-order chi connectivity index (χ1) is 67.1. The highest BCUT2D eigenvalue weighted by Crippen LogP contribution is 2.51. The van der Waals surface area contributed by atoms with Crippen LogP contribution >= 0.6 is 75.3 Å². The first kappa shape index (κ1) is 96.1.